The number of aliphatic hydroxyl groups excluding tert-OH is 1. The van der Waals surface area contributed by atoms with Crippen LogP contribution in [0.3, 0.4) is 0 Å². The van der Waals surface area contributed by atoms with Crippen LogP contribution >= 0.6 is 0 Å². The van der Waals surface area contributed by atoms with Crippen molar-refractivity contribution < 1.29 is 5.11 Å². The van der Waals surface area contributed by atoms with E-state index in [4.69, 9.17) is 0 Å². The zero-order valence-electron chi connectivity index (χ0n) is 14.3. The zero-order chi connectivity index (χ0) is 15.6. The lowest BCUT2D eigenvalue weighted by molar-refractivity contribution is 0.130. The molecule has 2 aliphatic rings. The fourth-order valence-electron chi connectivity index (χ4n) is 4.39. The van der Waals surface area contributed by atoms with E-state index in [-0.39, 0.29) is 11.5 Å². The average Bonchev–Trinajstić information content (AvgIpc) is 2.35. The van der Waals surface area contributed by atoms with Crippen molar-refractivity contribution in [2.24, 2.45) is 11.3 Å². The van der Waals surface area contributed by atoms with Gasteiger partial charge in [0, 0.05) is 0 Å². The zero-order valence-corrected chi connectivity index (χ0v) is 14.3. The molecule has 1 heteroatoms. The molecule has 2 bridgehead atoms. The Kier molecular flexibility index (Phi) is 5.14. The van der Waals surface area contributed by atoms with Gasteiger partial charge in [-0.05, 0) is 75.7 Å². The van der Waals surface area contributed by atoms with Gasteiger partial charge in [0.2, 0.25) is 0 Å². The number of hydrogen-bond donors (Lipinski definition) is 1. The highest BCUT2D eigenvalue weighted by atomic mass is 16.3. The highest BCUT2D eigenvalue weighted by Gasteiger charge is 2.39. The molecule has 0 aromatic heterocycles. The summed E-state index contributed by atoms with van der Waals surface area (Å²) in [6, 6.07) is 0. The molecule has 0 aromatic carbocycles. The van der Waals surface area contributed by atoms with Gasteiger partial charge in [0.15, 0.2) is 0 Å². The summed E-state index contributed by atoms with van der Waals surface area (Å²) in [7, 11) is 0. The van der Waals surface area contributed by atoms with E-state index >= 15 is 0 Å². The number of fused-ring (bicyclic) bond motifs is 2. The van der Waals surface area contributed by atoms with Gasteiger partial charge in [-0.15, -0.1) is 0 Å². The van der Waals surface area contributed by atoms with E-state index in [1.165, 1.54) is 35.1 Å². The van der Waals surface area contributed by atoms with Crippen molar-refractivity contribution in [1.82, 2.24) is 0 Å². The normalized spacial score (nSPS) is 33.8. The topological polar surface area (TPSA) is 20.2 Å². The molecule has 21 heavy (non-hydrogen) atoms. The van der Waals surface area contributed by atoms with Crippen LogP contribution in [-0.2, 0) is 0 Å². The predicted octanol–water partition coefficient (Wildman–Crippen LogP) is 5.57. The van der Waals surface area contributed by atoms with Crippen LogP contribution in [0.15, 0.2) is 34.9 Å². The predicted molar refractivity (Wildman–Crippen MR) is 91.2 cm³/mol. The first kappa shape index (κ1) is 16.5. The quantitative estimate of drug-likeness (QED) is 0.578. The Labute approximate surface area is 130 Å². The van der Waals surface area contributed by atoms with Crippen LogP contribution in [0.5, 0.6) is 0 Å². The molecular formula is C20H32O. The van der Waals surface area contributed by atoms with Gasteiger partial charge in [-0.1, -0.05) is 43.2 Å². The Hall–Kier alpha value is -0.820. The lowest BCUT2D eigenvalue weighted by atomic mass is 9.62. The van der Waals surface area contributed by atoms with Gasteiger partial charge in [0.05, 0.1) is 6.10 Å². The third-order valence-corrected chi connectivity index (χ3v) is 5.73. The van der Waals surface area contributed by atoms with E-state index in [0.717, 1.165) is 32.1 Å². The number of hydrogen-bond acceptors (Lipinski definition) is 1. The van der Waals surface area contributed by atoms with E-state index in [1.54, 1.807) is 0 Å². The molecule has 1 unspecified atom stereocenters. The van der Waals surface area contributed by atoms with Crippen molar-refractivity contribution >= 4 is 0 Å². The van der Waals surface area contributed by atoms with Gasteiger partial charge in [-0.25, -0.2) is 0 Å². The second-order valence-corrected chi connectivity index (χ2v) is 7.75. The maximum Gasteiger partial charge on any atom is 0.0794 e. The van der Waals surface area contributed by atoms with Crippen LogP contribution in [0.1, 0.15) is 72.6 Å². The molecule has 0 amide bonds. The third kappa shape index (κ3) is 3.69. The fraction of sp³-hybridized carbons (Fsp3) is 0.700. The highest BCUT2D eigenvalue weighted by molar-refractivity contribution is 5.29. The maximum absolute atomic E-state index is 10.8. The Balaban J connectivity index is 2.36. The first-order chi connectivity index (χ1) is 9.82. The molecule has 0 fully saturated rings. The molecule has 1 N–H and O–H groups in total. The summed E-state index contributed by atoms with van der Waals surface area (Å²) in [6.07, 6.45) is 9.72. The van der Waals surface area contributed by atoms with Crippen LogP contribution in [0.2, 0.25) is 0 Å². The van der Waals surface area contributed by atoms with E-state index < -0.39 is 0 Å². The number of aliphatic hydroxyl groups is 1. The Morgan fingerprint density at radius 3 is 2.52 bits per heavy atom. The van der Waals surface area contributed by atoms with Crippen LogP contribution in [0, 0.1) is 11.3 Å². The summed E-state index contributed by atoms with van der Waals surface area (Å²) in [6.45, 7) is 13.3. The molecule has 0 saturated heterocycles. The lowest BCUT2D eigenvalue weighted by Crippen LogP contribution is -2.36. The second kappa shape index (κ2) is 6.52. The van der Waals surface area contributed by atoms with Crippen molar-refractivity contribution in [3.63, 3.8) is 0 Å². The Morgan fingerprint density at radius 2 is 1.81 bits per heavy atom. The van der Waals surface area contributed by atoms with Gasteiger partial charge >= 0.3 is 0 Å². The lowest BCUT2D eigenvalue weighted by Gasteiger charge is -2.44. The summed E-state index contributed by atoms with van der Waals surface area (Å²) in [5, 5.41) is 10.8. The molecular weight excluding hydrogens is 256 g/mol. The molecule has 118 valence electrons. The molecule has 2 rings (SSSR count). The van der Waals surface area contributed by atoms with Gasteiger partial charge in [-0.3, -0.25) is 0 Å². The molecule has 1 nitrogen and oxygen atoms in total. The SMILES string of the molecule is C=C1CC/C=C(\C)CC(O)C2=C(C)CC[C@@H](CC1)C2(C)C. The fourth-order valence-corrected chi connectivity index (χ4v) is 4.39. The van der Waals surface area contributed by atoms with Crippen LogP contribution < -0.4 is 0 Å². The van der Waals surface area contributed by atoms with E-state index in [0.29, 0.717) is 5.92 Å². The van der Waals surface area contributed by atoms with Crippen molar-refractivity contribution in [2.75, 3.05) is 0 Å². The monoisotopic (exact) mass is 288 g/mol. The number of rotatable bonds is 0. The molecule has 0 aliphatic heterocycles. The summed E-state index contributed by atoms with van der Waals surface area (Å²) in [4.78, 5) is 0. The van der Waals surface area contributed by atoms with Crippen LogP contribution in [-0.4, -0.2) is 11.2 Å². The highest BCUT2D eigenvalue weighted by Crippen LogP contribution is 2.49. The minimum Gasteiger partial charge on any atom is -0.388 e. The molecule has 0 spiro atoms. The summed E-state index contributed by atoms with van der Waals surface area (Å²) >= 11 is 0. The third-order valence-electron chi connectivity index (χ3n) is 5.73. The number of allylic oxidation sites excluding steroid dienone is 3. The smallest absolute Gasteiger partial charge is 0.0794 e. The summed E-state index contributed by atoms with van der Waals surface area (Å²) in [5.41, 5.74) is 5.56. The van der Waals surface area contributed by atoms with Gasteiger partial charge in [0.1, 0.15) is 0 Å². The standard InChI is InChI=1S/C20H32O/c1-14-7-6-8-15(2)13-18(21)19-16(3)10-12-17(11-9-14)20(19,4)5/h8,17-18,21H,1,6-7,9-13H2,2-5H3/b15-8+/t17-,18?/m1/s1. The van der Waals surface area contributed by atoms with E-state index in [2.05, 4.69) is 40.3 Å². The minimum absolute atomic E-state index is 0.113. The van der Waals surface area contributed by atoms with E-state index in [1.807, 2.05) is 0 Å². The Bertz CT molecular complexity index is 464. The molecule has 0 aromatic rings. The first-order valence-corrected chi connectivity index (χ1v) is 8.52. The molecule has 0 saturated carbocycles. The largest absolute Gasteiger partial charge is 0.388 e. The van der Waals surface area contributed by atoms with Gasteiger partial charge in [-0.2, -0.15) is 0 Å². The van der Waals surface area contributed by atoms with E-state index in [9.17, 15) is 5.11 Å². The molecule has 0 heterocycles. The molecule has 2 aliphatic carbocycles. The van der Waals surface area contributed by atoms with Crippen molar-refractivity contribution in [2.45, 2.75) is 78.7 Å². The van der Waals surface area contributed by atoms with Crippen molar-refractivity contribution in [1.29, 1.82) is 0 Å². The van der Waals surface area contributed by atoms with Gasteiger partial charge < -0.3 is 5.11 Å². The van der Waals surface area contributed by atoms with Crippen molar-refractivity contribution in [3.05, 3.63) is 34.9 Å². The summed E-state index contributed by atoms with van der Waals surface area (Å²) < 4.78 is 0. The second-order valence-electron chi connectivity index (χ2n) is 7.75. The molecule has 2 atom stereocenters. The van der Waals surface area contributed by atoms with Crippen LogP contribution in [0.25, 0.3) is 0 Å². The first-order valence-electron chi connectivity index (χ1n) is 8.52. The minimum atomic E-state index is -0.304. The molecule has 0 radical (unpaired) electrons. The van der Waals surface area contributed by atoms with Crippen molar-refractivity contribution in [3.8, 4) is 0 Å². The Morgan fingerprint density at radius 1 is 1.14 bits per heavy atom. The van der Waals surface area contributed by atoms with Gasteiger partial charge in [0.25, 0.3) is 0 Å². The summed E-state index contributed by atoms with van der Waals surface area (Å²) in [5.74, 6) is 0.673. The average molecular weight is 288 g/mol. The maximum atomic E-state index is 10.8. The van der Waals surface area contributed by atoms with Crippen LogP contribution in [0.4, 0.5) is 0 Å².